The van der Waals surface area contributed by atoms with Crippen molar-refractivity contribution in [1.29, 1.82) is 0 Å². The minimum atomic E-state index is -4.96. The summed E-state index contributed by atoms with van der Waals surface area (Å²) in [6.07, 6.45) is -0.432. The first-order valence-electron chi connectivity index (χ1n) is 12.3. The zero-order valence-corrected chi connectivity index (χ0v) is 22.7. The van der Waals surface area contributed by atoms with Gasteiger partial charge in [-0.2, -0.15) is 17.6 Å². The molecule has 2 heterocycles. The topological polar surface area (TPSA) is 54.7 Å². The predicted molar refractivity (Wildman–Crippen MR) is 144 cm³/mol. The van der Waals surface area contributed by atoms with Crippen LogP contribution in [0.1, 0.15) is 11.1 Å². The molecule has 1 saturated heterocycles. The number of hydrogen-bond acceptors (Lipinski definition) is 5. The first-order chi connectivity index (χ1) is 19.6. The van der Waals surface area contributed by atoms with E-state index < -0.39 is 29.7 Å². The fourth-order valence-corrected chi connectivity index (χ4v) is 4.87. The van der Waals surface area contributed by atoms with Crippen LogP contribution in [0.15, 0.2) is 97.5 Å². The molecule has 41 heavy (non-hydrogen) atoms. The van der Waals surface area contributed by atoms with Crippen molar-refractivity contribution in [3.63, 3.8) is 0 Å². The van der Waals surface area contributed by atoms with Crippen molar-refractivity contribution in [2.24, 2.45) is 0 Å². The minimum absolute atomic E-state index is 0.0809. The van der Waals surface area contributed by atoms with Crippen molar-refractivity contribution in [1.82, 2.24) is 9.55 Å². The molecular weight excluding hydrogens is 587 g/mol. The Hall–Kier alpha value is -3.57. The molecule has 6 nitrogen and oxygen atoms in total. The van der Waals surface area contributed by atoms with Crippen LogP contribution in [0.3, 0.4) is 0 Å². The fraction of sp³-hybridized carbons (Fsp3) is 0.207. The van der Waals surface area contributed by atoms with Gasteiger partial charge < -0.3 is 23.5 Å². The maximum atomic E-state index is 14.6. The summed E-state index contributed by atoms with van der Waals surface area (Å²) in [5.41, 5.74) is -1.26. The van der Waals surface area contributed by atoms with Gasteiger partial charge in [-0.05, 0) is 42.0 Å². The van der Waals surface area contributed by atoms with Gasteiger partial charge in [-0.1, -0.05) is 59.6 Å². The third-order valence-electron chi connectivity index (χ3n) is 6.16. The molecular formula is C29H22Cl2F4N2O4. The van der Waals surface area contributed by atoms with Gasteiger partial charge in [0.2, 0.25) is 5.79 Å². The van der Waals surface area contributed by atoms with Crippen LogP contribution in [0.2, 0.25) is 10.0 Å². The average Bonchev–Trinajstić information content (AvgIpc) is 3.59. The number of ether oxygens (including phenoxy) is 4. The molecule has 3 aromatic carbocycles. The molecule has 0 amide bonds. The van der Waals surface area contributed by atoms with E-state index in [0.29, 0.717) is 21.4 Å². The average molecular weight is 609 g/mol. The molecule has 0 N–H and O–H groups in total. The number of benzene rings is 3. The molecule has 1 aromatic heterocycles. The highest BCUT2D eigenvalue weighted by Gasteiger charge is 2.45. The lowest BCUT2D eigenvalue weighted by atomic mass is 10.1. The van der Waals surface area contributed by atoms with Crippen molar-refractivity contribution in [3.8, 4) is 11.5 Å². The van der Waals surface area contributed by atoms with Gasteiger partial charge in [0.1, 0.15) is 29.8 Å². The molecule has 1 aliphatic heterocycles. The molecule has 0 saturated carbocycles. The van der Waals surface area contributed by atoms with E-state index in [1.54, 1.807) is 41.5 Å². The second kappa shape index (κ2) is 12.1. The van der Waals surface area contributed by atoms with Crippen LogP contribution in [-0.4, -0.2) is 35.0 Å². The largest absolute Gasteiger partial charge is 0.491 e. The highest BCUT2D eigenvalue weighted by atomic mass is 35.5. The van der Waals surface area contributed by atoms with Crippen molar-refractivity contribution >= 4 is 28.8 Å². The van der Waals surface area contributed by atoms with E-state index in [2.05, 4.69) is 4.98 Å². The molecule has 4 aromatic rings. The predicted octanol–water partition coefficient (Wildman–Crippen LogP) is 7.82. The maximum Gasteiger partial charge on any atom is 0.422 e. The number of imidazole rings is 1. The van der Waals surface area contributed by atoms with E-state index in [9.17, 15) is 17.6 Å². The van der Waals surface area contributed by atoms with Crippen molar-refractivity contribution in [2.75, 3.05) is 13.2 Å². The highest BCUT2D eigenvalue weighted by Crippen LogP contribution is 2.41. The van der Waals surface area contributed by atoms with Crippen LogP contribution in [0, 0.1) is 0 Å². The summed E-state index contributed by atoms with van der Waals surface area (Å²) >= 11 is 12.6. The van der Waals surface area contributed by atoms with Crippen molar-refractivity contribution < 1.29 is 36.5 Å². The summed E-state index contributed by atoms with van der Waals surface area (Å²) < 4.78 is 80.2. The number of aromatic nitrogens is 2. The first-order valence-corrected chi connectivity index (χ1v) is 13.0. The van der Waals surface area contributed by atoms with Crippen LogP contribution in [0.4, 0.5) is 17.6 Å². The van der Waals surface area contributed by atoms with Gasteiger partial charge in [-0.25, -0.2) is 4.98 Å². The van der Waals surface area contributed by atoms with Crippen LogP contribution in [-0.2, 0) is 21.8 Å². The Morgan fingerprint density at radius 2 is 1.76 bits per heavy atom. The molecule has 1 aliphatic rings. The fourth-order valence-electron chi connectivity index (χ4n) is 4.32. The lowest BCUT2D eigenvalue weighted by Gasteiger charge is -2.30. The smallest absolute Gasteiger partial charge is 0.422 e. The van der Waals surface area contributed by atoms with Gasteiger partial charge in [0, 0.05) is 23.0 Å². The molecule has 2 atom stereocenters. The highest BCUT2D eigenvalue weighted by molar-refractivity contribution is 6.35. The summed E-state index contributed by atoms with van der Waals surface area (Å²) in [6, 6.07) is 15.4. The first kappa shape index (κ1) is 28.9. The van der Waals surface area contributed by atoms with Gasteiger partial charge in [0.25, 0.3) is 6.01 Å². The zero-order valence-electron chi connectivity index (χ0n) is 21.2. The monoisotopic (exact) mass is 608 g/mol. The van der Waals surface area contributed by atoms with E-state index in [-0.39, 0.29) is 31.1 Å². The Morgan fingerprint density at radius 3 is 2.41 bits per heavy atom. The molecule has 0 spiro atoms. The van der Waals surface area contributed by atoms with E-state index in [4.69, 9.17) is 42.1 Å². The minimum Gasteiger partial charge on any atom is -0.491 e. The number of nitrogens with zero attached hydrogens (tertiary/aromatic N) is 2. The Labute approximate surface area is 242 Å². The Bertz CT molecular complexity index is 1500. The van der Waals surface area contributed by atoms with Gasteiger partial charge in [-0.15, -0.1) is 0 Å². The summed E-state index contributed by atoms with van der Waals surface area (Å²) in [7, 11) is 0. The lowest BCUT2D eigenvalue weighted by Crippen LogP contribution is -2.34. The van der Waals surface area contributed by atoms with E-state index in [1.807, 2.05) is 0 Å². The van der Waals surface area contributed by atoms with Gasteiger partial charge in [-0.3, -0.25) is 0 Å². The van der Waals surface area contributed by atoms with Gasteiger partial charge in [0.15, 0.2) is 0 Å². The van der Waals surface area contributed by atoms with E-state index in [0.717, 1.165) is 12.1 Å². The number of hydrogen-bond donors (Lipinski definition) is 0. The van der Waals surface area contributed by atoms with Crippen molar-refractivity contribution in [3.05, 3.63) is 119 Å². The normalized spacial score (nSPS) is 19.6. The molecule has 0 bridgehead atoms. The number of alkyl halides is 3. The third kappa shape index (κ3) is 6.84. The number of rotatable bonds is 9. The Kier molecular flexibility index (Phi) is 8.55. The number of halogens is 6. The van der Waals surface area contributed by atoms with Crippen LogP contribution in [0.25, 0.3) is 5.57 Å². The third-order valence-corrected chi connectivity index (χ3v) is 6.71. The Balaban J connectivity index is 1.26. The standard InChI is InChI=1S/C29H22Cl2F4N2O4/c30-20-6-11-24(25(31)14-20)28(17-37-13-12-36-18-37)39-16-23(41-28)15-38-21-7-9-22(10-8-21)40-27(32)26(29(33,34)35)19-4-2-1-3-5-19/h1-14,18,23H,15-17H2. The van der Waals surface area contributed by atoms with Gasteiger partial charge in [0.05, 0.1) is 24.5 Å². The molecule has 12 heteroatoms. The van der Waals surface area contributed by atoms with Crippen LogP contribution in [0.5, 0.6) is 11.5 Å². The second-order valence-electron chi connectivity index (χ2n) is 9.06. The summed E-state index contributed by atoms with van der Waals surface area (Å²) in [5.74, 6) is -1.00. The quantitative estimate of drug-likeness (QED) is 0.143. The second-order valence-corrected chi connectivity index (χ2v) is 9.90. The molecule has 1 fully saturated rings. The Morgan fingerprint density at radius 1 is 1.02 bits per heavy atom. The summed E-state index contributed by atoms with van der Waals surface area (Å²) in [4.78, 5) is 4.06. The van der Waals surface area contributed by atoms with E-state index >= 15 is 0 Å². The summed E-state index contributed by atoms with van der Waals surface area (Å²) in [5, 5.41) is 0.837. The van der Waals surface area contributed by atoms with Crippen LogP contribution >= 0.6 is 23.2 Å². The zero-order chi connectivity index (χ0) is 29.0. The SMILES string of the molecule is FC(Oc1ccc(OCC2COC(Cn3ccnc3)(c3ccc(Cl)cc3Cl)O2)cc1)=C(c1ccccc1)C(F)(F)F. The van der Waals surface area contributed by atoms with Crippen molar-refractivity contribution in [2.45, 2.75) is 24.6 Å². The van der Waals surface area contributed by atoms with Crippen LogP contribution < -0.4 is 9.47 Å². The molecule has 0 aliphatic carbocycles. The lowest BCUT2D eigenvalue weighted by molar-refractivity contribution is -0.189. The maximum absolute atomic E-state index is 14.6. The molecule has 5 rings (SSSR count). The number of allylic oxidation sites excluding steroid dienone is 1. The van der Waals surface area contributed by atoms with E-state index in [1.165, 1.54) is 42.5 Å². The molecule has 2 unspecified atom stereocenters. The van der Waals surface area contributed by atoms with Gasteiger partial charge >= 0.3 is 6.18 Å². The molecule has 0 radical (unpaired) electrons. The molecule has 214 valence electrons. The summed E-state index contributed by atoms with van der Waals surface area (Å²) in [6.45, 7) is 0.529.